The Morgan fingerprint density at radius 1 is 1.17 bits per heavy atom. The zero-order valence-electron chi connectivity index (χ0n) is 15.0. The number of amides is 1. The molecule has 0 aliphatic heterocycles. The van der Waals surface area contributed by atoms with Crippen LogP contribution in [0.2, 0.25) is 10.0 Å². The van der Waals surface area contributed by atoms with Gasteiger partial charge in [0.2, 0.25) is 5.91 Å². The first-order valence-electron chi connectivity index (χ1n) is 7.87. The molecule has 0 saturated carbocycles. The van der Waals surface area contributed by atoms with E-state index in [-0.39, 0.29) is 28.6 Å². The number of hydrogen-bond acceptors (Lipinski definition) is 3. The smallest absolute Gasteiger partial charge is 0.296 e. The number of carbonyl (C=O) groups excluding carboxylic acids is 1. The van der Waals surface area contributed by atoms with E-state index in [1.54, 1.807) is 0 Å². The molecule has 0 N–H and O–H groups in total. The first-order valence-corrected chi connectivity index (χ1v) is 9.44. The van der Waals surface area contributed by atoms with Gasteiger partial charge in [-0.25, -0.2) is 4.68 Å². The number of aromatic nitrogens is 2. The standard InChI is InChI=1S/C16H13Cl2F6N3OS/c1-4-26(8(3)28)14-13(29-16(22,23)24)7(2)25-27(14)12-10(17)5-9(6-11(12)18)15(19,20)21/h5-6H,4H2,1-3H3. The summed E-state index contributed by atoms with van der Waals surface area (Å²) in [4.78, 5) is 12.6. The number of benzene rings is 1. The first kappa shape index (κ1) is 23.7. The van der Waals surface area contributed by atoms with Gasteiger partial charge in [0.1, 0.15) is 5.69 Å². The van der Waals surface area contributed by atoms with Crippen LogP contribution in [0.5, 0.6) is 0 Å². The maximum absolute atomic E-state index is 13.1. The van der Waals surface area contributed by atoms with E-state index in [2.05, 4.69) is 5.10 Å². The fraction of sp³-hybridized carbons (Fsp3) is 0.375. The third-order valence-corrected chi connectivity index (χ3v) is 5.20. The molecule has 0 radical (unpaired) electrons. The van der Waals surface area contributed by atoms with Gasteiger partial charge in [0, 0.05) is 13.5 Å². The highest BCUT2D eigenvalue weighted by atomic mass is 35.5. The van der Waals surface area contributed by atoms with Gasteiger partial charge in [0.05, 0.1) is 26.2 Å². The van der Waals surface area contributed by atoms with Crippen molar-refractivity contribution in [3.63, 3.8) is 0 Å². The van der Waals surface area contributed by atoms with Crippen LogP contribution in [0, 0.1) is 6.92 Å². The van der Waals surface area contributed by atoms with E-state index in [1.807, 2.05) is 0 Å². The minimum absolute atomic E-state index is 0.0260. The molecule has 0 atom stereocenters. The summed E-state index contributed by atoms with van der Waals surface area (Å²) in [6, 6.07) is 1.17. The Morgan fingerprint density at radius 2 is 1.69 bits per heavy atom. The van der Waals surface area contributed by atoms with Crippen molar-refractivity contribution in [2.24, 2.45) is 0 Å². The van der Waals surface area contributed by atoms with Gasteiger partial charge in [-0.15, -0.1) is 0 Å². The zero-order valence-corrected chi connectivity index (χ0v) is 17.4. The molecule has 0 spiro atoms. The fourth-order valence-electron chi connectivity index (χ4n) is 2.58. The van der Waals surface area contributed by atoms with Crippen LogP contribution >= 0.6 is 35.0 Å². The summed E-state index contributed by atoms with van der Waals surface area (Å²) < 4.78 is 79.0. The lowest BCUT2D eigenvalue weighted by Crippen LogP contribution is -2.30. The topological polar surface area (TPSA) is 38.1 Å². The van der Waals surface area contributed by atoms with E-state index in [1.165, 1.54) is 13.8 Å². The largest absolute Gasteiger partial charge is 0.446 e. The molecule has 29 heavy (non-hydrogen) atoms. The van der Waals surface area contributed by atoms with Crippen molar-refractivity contribution in [1.29, 1.82) is 0 Å². The van der Waals surface area contributed by atoms with Gasteiger partial charge in [-0.3, -0.25) is 9.69 Å². The minimum Gasteiger partial charge on any atom is -0.296 e. The number of aryl methyl sites for hydroxylation is 1. The Bertz CT molecular complexity index is 919. The molecule has 160 valence electrons. The number of halogens is 8. The third-order valence-electron chi connectivity index (χ3n) is 3.71. The number of rotatable bonds is 4. The van der Waals surface area contributed by atoms with E-state index in [0.29, 0.717) is 12.1 Å². The van der Waals surface area contributed by atoms with Crippen molar-refractivity contribution in [3.8, 4) is 5.69 Å². The summed E-state index contributed by atoms with van der Waals surface area (Å²) in [5.41, 5.74) is -6.20. The third kappa shape index (κ3) is 5.13. The van der Waals surface area contributed by atoms with E-state index in [4.69, 9.17) is 23.2 Å². The van der Waals surface area contributed by atoms with Crippen molar-refractivity contribution in [2.45, 2.75) is 37.4 Å². The van der Waals surface area contributed by atoms with Gasteiger partial charge in [-0.1, -0.05) is 23.2 Å². The molecule has 0 saturated heterocycles. The van der Waals surface area contributed by atoms with Crippen LogP contribution in [0.25, 0.3) is 5.69 Å². The molecule has 1 amide bonds. The lowest BCUT2D eigenvalue weighted by molar-refractivity contribution is -0.137. The average molecular weight is 480 g/mol. The Labute approximate surface area is 175 Å². The molecule has 0 unspecified atom stereocenters. The summed E-state index contributed by atoms with van der Waals surface area (Å²) in [7, 11) is 0. The van der Waals surface area contributed by atoms with E-state index in [9.17, 15) is 31.1 Å². The van der Waals surface area contributed by atoms with Gasteiger partial charge in [-0.2, -0.15) is 31.4 Å². The van der Waals surface area contributed by atoms with Crippen molar-refractivity contribution in [1.82, 2.24) is 9.78 Å². The Hall–Kier alpha value is -1.59. The Balaban J connectivity index is 2.83. The molecule has 1 aromatic carbocycles. The fourth-order valence-corrected chi connectivity index (χ4v) is 3.94. The lowest BCUT2D eigenvalue weighted by atomic mass is 10.2. The summed E-state index contributed by atoms with van der Waals surface area (Å²) in [5.74, 6) is -0.889. The van der Waals surface area contributed by atoms with E-state index < -0.39 is 45.0 Å². The number of nitrogens with zero attached hydrogens (tertiary/aromatic N) is 3. The van der Waals surface area contributed by atoms with Crippen LogP contribution in [0.1, 0.15) is 25.1 Å². The van der Waals surface area contributed by atoms with Crippen LogP contribution in [-0.2, 0) is 11.0 Å². The molecular formula is C16H13Cl2F6N3OS. The zero-order chi connectivity index (χ0) is 22.3. The van der Waals surface area contributed by atoms with E-state index in [0.717, 1.165) is 16.5 Å². The van der Waals surface area contributed by atoms with Crippen LogP contribution in [0.3, 0.4) is 0 Å². The van der Waals surface area contributed by atoms with Crippen molar-refractivity contribution in [3.05, 3.63) is 33.4 Å². The van der Waals surface area contributed by atoms with Gasteiger partial charge < -0.3 is 0 Å². The van der Waals surface area contributed by atoms with Crippen molar-refractivity contribution < 1.29 is 31.1 Å². The highest BCUT2D eigenvalue weighted by Crippen LogP contribution is 2.46. The molecule has 2 rings (SSSR count). The number of anilines is 1. The summed E-state index contributed by atoms with van der Waals surface area (Å²) in [6.45, 7) is 3.90. The van der Waals surface area contributed by atoms with Gasteiger partial charge in [-0.05, 0) is 37.7 Å². The quantitative estimate of drug-likeness (QED) is 0.371. The second-order valence-corrected chi connectivity index (χ2v) is 7.64. The summed E-state index contributed by atoms with van der Waals surface area (Å²) in [5, 5.41) is 3.00. The molecule has 1 aromatic heterocycles. The predicted octanol–water partition coefficient (Wildman–Crippen LogP) is 6.49. The summed E-state index contributed by atoms with van der Waals surface area (Å²) in [6.07, 6.45) is -4.74. The first-order chi connectivity index (χ1) is 13.2. The Morgan fingerprint density at radius 3 is 2.07 bits per heavy atom. The van der Waals surface area contributed by atoms with Crippen molar-refractivity contribution >= 4 is 46.7 Å². The minimum atomic E-state index is -4.74. The van der Waals surface area contributed by atoms with Gasteiger partial charge in [0.25, 0.3) is 0 Å². The molecule has 4 nitrogen and oxygen atoms in total. The van der Waals surface area contributed by atoms with Crippen molar-refractivity contribution in [2.75, 3.05) is 11.4 Å². The van der Waals surface area contributed by atoms with Crippen LogP contribution < -0.4 is 4.90 Å². The Kier molecular flexibility index (Phi) is 6.75. The maximum atomic E-state index is 13.1. The molecule has 0 fully saturated rings. The average Bonchev–Trinajstić information content (AvgIpc) is 2.81. The normalized spacial score (nSPS) is 12.4. The maximum Gasteiger partial charge on any atom is 0.446 e. The number of hydrogen-bond donors (Lipinski definition) is 0. The van der Waals surface area contributed by atoms with Crippen LogP contribution in [0.4, 0.5) is 32.2 Å². The second kappa shape index (κ2) is 8.27. The molecule has 1 heterocycles. The predicted molar refractivity (Wildman–Crippen MR) is 98.9 cm³/mol. The number of carbonyl (C=O) groups is 1. The number of thioether (sulfide) groups is 1. The second-order valence-electron chi connectivity index (χ2n) is 5.75. The molecule has 2 aromatic rings. The van der Waals surface area contributed by atoms with Gasteiger partial charge >= 0.3 is 11.7 Å². The summed E-state index contributed by atoms with van der Waals surface area (Å²) >= 11 is 11.5. The van der Waals surface area contributed by atoms with Crippen LogP contribution in [-0.4, -0.2) is 27.7 Å². The highest BCUT2D eigenvalue weighted by molar-refractivity contribution is 8.00. The molecule has 0 bridgehead atoms. The molecular weight excluding hydrogens is 467 g/mol. The molecule has 0 aliphatic carbocycles. The molecule has 0 aliphatic rings. The van der Waals surface area contributed by atoms with Gasteiger partial charge in [0.15, 0.2) is 5.82 Å². The highest BCUT2D eigenvalue weighted by Gasteiger charge is 2.37. The molecule has 13 heteroatoms. The number of alkyl halides is 6. The monoisotopic (exact) mass is 479 g/mol. The lowest BCUT2D eigenvalue weighted by Gasteiger charge is -2.23. The van der Waals surface area contributed by atoms with E-state index >= 15 is 0 Å². The SMILES string of the molecule is CCN(C(C)=O)c1c(SC(F)(F)F)c(C)nn1-c1c(Cl)cc(C(F)(F)F)cc1Cl. The van der Waals surface area contributed by atoms with Crippen LogP contribution in [0.15, 0.2) is 17.0 Å².